The Labute approximate surface area is 123 Å². The van der Waals surface area contributed by atoms with Gasteiger partial charge in [-0.2, -0.15) is 5.10 Å². The molecule has 21 heavy (non-hydrogen) atoms. The summed E-state index contributed by atoms with van der Waals surface area (Å²) in [6.45, 7) is 0.794. The van der Waals surface area contributed by atoms with Crippen molar-refractivity contribution in [3.05, 3.63) is 42.1 Å². The van der Waals surface area contributed by atoms with Crippen LogP contribution in [0.2, 0.25) is 0 Å². The molecule has 110 valence electrons. The van der Waals surface area contributed by atoms with E-state index in [0.717, 1.165) is 30.5 Å². The van der Waals surface area contributed by atoms with Crippen LogP contribution in [-0.4, -0.2) is 34.4 Å². The van der Waals surface area contributed by atoms with Gasteiger partial charge in [-0.3, -0.25) is 9.89 Å². The van der Waals surface area contributed by atoms with Gasteiger partial charge in [0.05, 0.1) is 17.5 Å². The summed E-state index contributed by atoms with van der Waals surface area (Å²) in [5.74, 6) is -0.119. The number of carbonyl (C=O) groups is 1. The number of nitrogens with zero attached hydrogens (tertiary/aromatic N) is 1. The predicted molar refractivity (Wildman–Crippen MR) is 79.7 cm³/mol. The minimum absolute atomic E-state index is 0.112. The highest BCUT2D eigenvalue weighted by Crippen LogP contribution is 2.47. The molecule has 0 aliphatic heterocycles. The number of H-pyrrole nitrogens is 1. The highest BCUT2D eigenvalue weighted by Gasteiger charge is 2.42. The largest absolute Gasteiger partial charge is 0.396 e. The van der Waals surface area contributed by atoms with Crippen LogP contribution in [0, 0.1) is 5.41 Å². The first-order valence-electron chi connectivity index (χ1n) is 7.22. The van der Waals surface area contributed by atoms with Crippen LogP contribution in [0.15, 0.2) is 36.5 Å². The fourth-order valence-corrected chi connectivity index (χ4v) is 2.58. The van der Waals surface area contributed by atoms with Gasteiger partial charge in [-0.25, -0.2) is 0 Å². The summed E-state index contributed by atoms with van der Waals surface area (Å²) in [5, 5.41) is 18.9. The summed E-state index contributed by atoms with van der Waals surface area (Å²) < 4.78 is 0. The highest BCUT2D eigenvalue weighted by molar-refractivity contribution is 5.99. The van der Waals surface area contributed by atoms with E-state index in [2.05, 4.69) is 15.5 Å². The molecule has 3 N–H and O–H groups in total. The Morgan fingerprint density at radius 1 is 1.33 bits per heavy atom. The molecule has 2 aromatic rings. The minimum atomic E-state index is -0.119. The molecule has 0 unspecified atom stereocenters. The van der Waals surface area contributed by atoms with E-state index in [1.165, 1.54) is 0 Å². The van der Waals surface area contributed by atoms with Gasteiger partial charge >= 0.3 is 0 Å². The first kappa shape index (κ1) is 13.8. The molecule has 0 bridgehead atoms. The second kappa shape index (κ2) is 5.69. The molecule has 0 saturated heterocycles. The van der Waals surface area contributed by atoms with Crippen molar-refractivity contribution in [3.8, 4) is 11.3 Å². The summed E-state index contributed by atoms with van der Waals surface area (Å²) in [5.41, 5.74) is 2.35. The quantitative estimate of drug-likeness (QED) is 0.759. The molecule has 1 aliphatic carbocycles. The van der Waals surface area contributed by atoms with Gasteiger partial charge in [0.25, 0.3) is 5.91 Å². The van der Waals surface area contributed by atoms with E-state index >= 15 is 0 Å². The van der Waals surface area contributed by atoms with Crippen LogP contribution in [0.1, 0.15) is 29.6 Å². The Hall–Kier alpha value is -2.14. The zero-order valence-corrected chi connectivity index (χ0v) is 11.8. The van der Waals surface area contributed by atoms with E-state index in [0.29, 0.717) is 12.1 Å². The SMILES string of the molecule is O=C(NCC1(CCO)CC1)c1cn[nH]c1-c1ccccc1. The standard InChI is InChI=1S/C16H19N3O2/c20-9-8-16(6-7-16)11-17-15(21)13-10-18-19-14(13)12-4-2-1-3-5-12/h1-5,10,20H,6-9,11H2,(H,17,21)(H,18,19). The van der Waals surface area contributed by atoms with Crippen LogP contribution in [0.3, 0.4) is 0 Å². The first-order chi connectivity index (χ1) is 10.2. The van der Waals surface area contributed by atoms with E-state index in [4.69, 9.17) is 5.11 Å². The van der Waals surface area contributed by atoms with Crippen molar-refractivity contribution in [2.45, 2.75) is 19.3 Å². The van der Waals surface area contributed by atoms with Gasteiger partial charge in [0.2, 0.25) is 0 Å². The van der Waals surface area contributed by atoms with Crippen LogP contribution in [0.25, 0.3) is 11.3 Å². The number of nitrogens with one attached hydrogen (secondary N) is 2. The second-order valence-corrected chi connectivity index (χ2v) is 5.68. The normalized spacial score (nSPS) is 15.7. The molecule has 5 heteroatoms. The molecule has 1 aromatic carbocycles. The smallest absolute Gasteiger partial charge is 0.255 e. The molecule has 0 spiro atoms. The lowest BCUT2D eigenvalue weighted by Gasteiger charge is -2.14. The number of aromatic amines is 1. The van der Waals surface area contributed by atoms with E-state index in [-0.39, 0.29) is 17.9 Å². The number of rotatable bonds is 6. The van der Waals surface area contributed by atoms with Gasteiger partial charge in [0, 0.05) is 18.7 Å². The predicted octanol–water partition coefficient (Wildman–Crippen LogP) is 1.97. The maximum atomic E-state index is 12.3. The summed E-state index contributed by atoms with van der Waals surface area (Å²) in [6, 6.07) is 9.68. The average molecular weight is 285 g/mol. The Balaban J connectivity index is 1.70. The molecular weight excluding hydrogens is 266 g/mol. The summed E-state index contributed by atoms with van der Waals surface area (Å²) in [7, 11) is 0. The lowest BCUT2D eigenvalue weighted by molar-refractivity contribution is 0.0941. The molecule has 3 rings (SSSR count). The number of hydrogen-bond acceptors (Lipinski definition) is 3. The van der Waals surface area contributed by atoms with E-state index in [1.54, 1.807) is 6.20 Å². The molecule has 1 aromatic heterocycles. The molecule has 0 atom stereocenters. The molecule has 5 nitrogen and oxygen atoms in total. The lowest BCUT2D eigenvalue weighted by Crippen LogP contribution is -2.30. The van der Waals surface area contributed by atoms with E-state index in [9.17, 15) is 4.79 Å². The van der Waals surface area contributed by atoms with Crippen molar-refractivity contribution in [3.63, 3.8) is 0 Å². The number of hydrogen-bond donors (Lipinski definition) is 3. The van der Waals surface area contributed by atoms with E-state index < -0.39 is 0 Å². The van der Waals surface area contributed by atoms with Crippen LogP contribution < -0.4 is 5.32 Å². The summed E-state index contributed by atoms with van der Waals surface area (Å²) in [4.78, 5) is 12.3. The third kappa shape index (κ3) is 2.97. The molecule has 1 fully saturated rings. The number of benzene rings is 1. The summed E-state index contributed by atoms with van der Waals surface area (Å²) >= 11 is 0. The molecule has 1 aliphatic rings. The Morgan fingerprint density at radius 2 is 2.10 bits per heavy atom. The topological polar surface area (TPSA) is 78.0 Å². The van der Waals surface area contributed by atoms with Gasteiger partial charge in [-0.05, 0) is 24.7 Å². The maximum absolute atomic E-state index is 12.3. The van der Waals surface area contributed by atoms with Crippen molar-refractivity contribution in [2.75, 3.05) is 13.2 Å². The fourth-order valence-electron chi connectivity index (χ4n) is 2.58. The van der Waals surface area contributed by atoms with Gasteiger partial charge in [0.1, 0.15) is 0 Å². The number of aliphatic hydroxyl groups excluding tert-OH is 1. The van der Waals surface area contributed by atoms with Gasteiger partial charge in [-0.15, -0.1) is 0 Å². The lowest BCUT2D eigenvalue weighted by atomic mass is 10.0. The Morgan fingerprint density at radius 3 is 2.76 bits per heavy atom. The highest BCUT2D eigenvalue weighted by atomic mass is 16.3. The van der Waals surface area contributed by atoms with Crippen LogP contribution >= 0.6 is 0 Å². The summed E-state index contributed by atoms with van der Waals surface area (Å²) in [6.07, 6.45) is 4.46. The molecule has 1 saturated carbocycles. The zero-order valence-electron chi connectivity index (χ0n) is 11.8. The number of carbonyl (C=O) groups excluding carboxylic acids is 1. The van der Waals surface area contributed by atoms with Crippen LogP contribution in [0.5, 0.6) is 0 Å². The van der Waals surface area contributed by atoms with Gasteiger partial charge < -0.3 is 10.4 Å². The minimum Gasteiger partial charge on any atom is -0.396 e. The van der Waals surface area contributed by atoms with Crippen molar-refractivity contribution in [1.82, 2.24) is 15.5 Å². The number of aromatic nitrogens is 2. The Bertz CT molecular complexity index is 617. The van der Waals surface area contributed by atoms with Crippen molar-refractivity contribution in [2.24, 2.45) is 5.41 Å². The molecule has 0 radical (unpaired) electrons. The third-order valence-electron chi connectivity index (χ3n) is 4.17. The number of aliphatic hydroxyl groups is 1. The van der Waals surface area contributed by atoms with Crippen molar-refractivity contribution in [1.29, 1.82) is 0 Å². The van der Waals surface area contributed by atoms with Crippen LogP contribution in [-0.2, 0) is 0 Å². The first-order valence-corrected chi connectivity index (χ1v) is 7.22. The van der Waals surface area contributed by atoms with Crippen molar-refractivity contribution < 1.29 is 9.90 Å². The second-order valence-electron chi connectivity index (χ2n) is 5.68. The molecular formula is C16H19N3O2. The molecule has 1 heterocycles. The van der Waals surface area contributed by atoms with Gasteiger partial charge in [0.15, 0.2) is 0 Å². The average Bonchev–Trinajstić information content (AvgIpc) is 3.10. The number of amides is 1. The maximum Gasteiger partial charge on any atom is 0.255 e. The van der Waals surface area contributed by atoms with Gasteiger partial charge in [-0.1, -0.05) is 30.3 Å². The monoisotopic (exact) mass is 285 g/mol. The van der Waals surface area contributed by atoms with E-state index in [1.807, 2.05) is 30.3 Å². The third-order valence-corrected chi connectivity index (χ3v) is 4.17. The fraction of sp³-hybridized carbons (Fsp3) is 0.375. The van der Waals surface area contributed by atoms with Crippen LogP contribution in [0.4, 0.5) is 0 Å². The zero-order chi connectivity index (χ0) is 14.7. The molecule has 1 amide bonds. The van der Waals surface area contributed by atoms with Crippen molar-refractivity contribution >= 4 is 5.91 Å². The Kier molecular flexibility index (Phi) is 3.75.